The summed E-state index contributed by atoms with van der Waals surface area (Å²) in [5, 5.41) is 3.69. The van der Waals surface area contributed by atoms with Crippen LogP contribution in [0.5, 0.6) is 5.75 Å². The Hall–Kier alpha value is -2.66. The first-order valence-corrected chi connectivity index (χ1v) is 9.14. The number of aliphatic imine (C=N–C) groups is 1. The second kappa shape index (κ2) is 7.70. The summed E-state index contributed by atoms with van der Waals surface area (Å²) in [7, 11) is 1.72. The Balaban J connectivity index is 1.53. The van der Waals surface area contributed by atoms with Gasteiger partial charge in [-0.05, 0) is 37.1 Å². The summed E-state index contributed by atoms with van der Waals surface area (Å²) in [5.74, 6) is 2.08. The molecule has 1 saturated heterocycles. The van der Waals surface area contributed by atoms with E-state index in [0.29, 0.717) is 0 Å². The Bertz CT molecular complexity index is 816. The smallest absolute Gasteiger partial charge is 0.123 e. The number of ether oxygens (including phenoxy) is 1. The molecule has 1 aromatic heterocycles. The first-order chi connectivity index (χ1) is 12.8. The van der Waals surface area contributed by atoms with E-state index in [-0.39, 0.29) is 6.04 Å². The molecule has 1 atom stereocenters. The minimum atomic E-state index is 0.263. The van der Waals surface area contributed by atoms with E-state index in [4.69, 9.17) is 9.73 Å². The van der Waals surface area contributed by atoms with Gasteiger partial charge in [0.2, 0.25) is 0 Å². The molecule has 0 radical (unpaired) electrons. The van der Waals surface area contributed by atoms with E-state index >= 15 is 0 Å². The second-order valence-electron chi connectivity index (χ2n) is 6.63. The molecule has 134 valence electrons. The minimum Gasteiger partial charge on any atom is -0.496 e. The normalized spacial score (nSPS) is 19.4. The molecule has 26 heavy (non-hydrogen) atoms. The second-order valence-corrected chi connectivity index (χ2v) is 6.63. The van der Waals surface area contributed by atoms with E-state index in [1.807, 2.05) is 36.7 Å². The van der Waals surface area contributed by atoms with Crippen LogP contribution in [0.4, 0.5) is 0 Å². The van der Waals surface area contributed by atoms with Crippen molar-refractivity contribution in [2.45, 2.75) is 25.4 Å². The maximum atomic E-state index is 5.47. The van der Waals surface area contributed by atoms with Crippen molar-refractivity contribution >= 4 is 11.5 Å². The number of aromatic nitrogens is 1. The number of hydrogen-bond acceptors (Lipinski definition) is 5. The molecular formula is C21H24N4O. The van der Waals surface area contributed by atoms with E-state index in [1.54, 1.807) is 7.11 Å². The molecule has 0 spiro atoms. The lowest BCUT2D eigenvalue weighted by Gasteiger charge is -2.38. The van der Waals surface area contributed by atoms with Crippen LogP contribution in [0.25, 0.3) is 5.70 Å². The van der Waals surface area contributed by atoms with Crippen molar-refractivity contribution in [3.8, 4) is 5.75 Å². The SMILES string of the molecule is COc1ccccc1CNC1CCCN2CC=C(c3ccncc3)N=C12. The number of amidine groups is 1. The van der Waals surface area contributed by atoms with Crippen LogP contribution < -0.4 is 10.1 Å². The van der Waals surface area contributed by atoms with Crippen molar-refractivity contribution in [1.82, 2.24) is 15.2 Å². The fraction of sp³-hybridized carbons (Fsp3) is 0.333. The maximum Gasteiger partial charge on any atom is 0.123 e. The third-order valence-electron chi connectivity index (χ3n) is 5.00. The summed E-state index contributed by atoms with van der Waals surface area (Å²) in [5.41, 5.74) is 3.35. The standard InChI is InChI=1S/C21H24N4O/c1-26-20-7-3-2-5-17(20)15-23-19-6-4-13-25-14-10-18(24-21(19)25)16-8-11-22-12-9-16/h2-3,5,7-12,19,23H,4,6,13-15H2,1H3. The third kappa shape index (κ3) is 3.48. The topological polar surface area (TPSA) is 49.8 Å². The van der Waals surface area contributed by atoms with E-state index in [9.17, 15) is 0 Å². The van der Waals surface area contributed by atoms with Gasteiger partial charge in [-0.15, -0.1) is 0 Å². The summed E-state index contributed by atoms with van der Waals surface area (Å²) in [6, 6.07) is 12.5. The van der Waals surface area contributed by atoms with Crippen LogP contribution in [0, 0.1) is 0 Å². The molecule has 1 N–H and O–H groups in total. The number of methoxy groups -OCH3 is 1. The van der Waals surface area contributed by atoms with Gasteiger partial charge >= 0.3 is 0 Å². The molecule has 1 fully saturated rings. The zero-order valence-corrected chi connectivity index (χ0v) is 15.1. The van der Waals surface area contributed by atoms with Gasteiger partial charge in [0.05, 0.1) is 18.8 Å². The number of rotatable bonds is 5. The van der Waals surface area contributed by atoms with Gasteiger partial charge in [0, 0.05) is 43.2 Å². The van der Waals surface area contributed by atoms with Gasteiger partial charge in [0.25, 0.3) is 0 Å². The molecule has 1 unspecified atom stereocenters. The fourth-order valence-corrected chi connectivity index (χ4v) is 3.63. The summed E-state index contributed by atoms with van der Waals surface area (Å²) >= 11 is 0. The van der Waals surface area contributed by atoms with E-state index in [1.165, 1.54) is 12.0 Å². The maximum absolute atomic E-state index is 5.47. The lowest BCUT2D eigenvalue weighted by Crippen LogP contribution is -2.51. The molecule has 5 heteroatoms. The van der Waals surface area contributed by atoms with Crippen molar-refractivity contribution < 1.29 is 4.74 Å². The van der Waals surface area contributed by atoms with E-state index < -0.39 is 0 Å². The Kier molecular flexibility index (Phi) is 4.97. The molecular weight excluding hydrogens is 324 g/mol. The predicted octanol–water partition coefficient (Wildman–Crippen LogP) is 3.10. The highest BCUT2D eigenvalue weighted by Crippen LogP contribution is 2.25. The third-order valence-corrected chi connectivity index (χ3v) is 5.00. The summed E-state index contributed by atoms with van der Waals surface area (Å²) in [6.07, 6.45) is 8.14. The molecule has 4 rings (SSSR count). The molecule has 5 nitrogen and oxygen atoms in total. The molecule has 2 aliphatic heterocycles. The highest BCUT2D eigenvalue weighted by Gasteiger charge is 2.28. The summed E-state index contributed by atoms with van der Waals surface area (Å²) in [4.78, 5) is 11.5. The van der Waals surface area contributed by atoms with Gasteiger partial charge in [-0.1, -0.05) is 18.2 Å². The van der Waals surface area contributed by atoms with Crippen LogP contribution in [0.2, 0.25) is 0 Å². The van der Waals surface area contributed by atoms with Gasteiger partial charge < -0.3 is 15.0 Å². The Morgan fingerprint density at radius 2 is 2.04 bits per heavy atom. The molecule has 0 saturated carbocycles. The molecule has 0 bridgehead atoms. The molecule has 1 aromatic carbocycles. The first kappa shape index (κ1) is 16.8. The van der Waals surface area contributed by atoms with E-state index in [0.717, 1.165) is 48.9 Å². The zero-order valence-electron chi connectivity index (χ0n) is 15.1. The molecule has 0 aliphatic carbocycles. The van der Waals surface area contributed by atoms with Crippen LogP contribution in [-0.2, 0) is 6.54 Å². The Morgan fingerprint density at radius 1 is 1.19 bits per heavy atom. The van der Waals surface area contributed by atoms with Gasteiger partial charge in [0.1, 0.15) is 11.6 Å². The van der Waals surface area contributed by atoms with Crippen LogP contribution >= 0.6 is 0 Å². The van der Waals surface area contributed by atoms with Crippen LogP contribution in [0.3, 0.4) is 0 Å². The minimum absolute atomic E-state index is 0.263. The fourth-order valence-electron chi connectivity index (χ4n) is 3.63. The number of nitrogens with zero attached hydrogens (tertiary/aromatic N) is 3. The zero-order chi connectivity index (χ0) is 17.8. The van der Waals surface area contributed by atoms with Crippen molar-refractivity contribution in [1.29, 1.82) is 0 Å². The highest BCUT2D eigenvalue weighted by atomic mass is 16.5. The van der Waals surface area contributed by atoms with Gasteiger partial charge in [-0.25, -0.2) is 4.99 Å². The van der Waals surface area contributed by atoms with E-state index in [2.05, 4.69) is 33.4 Å². The number of fused-ring (bicyclic) bond motifs is 1. The Morgan fingerprint density at radius 3 is 2.88 bits per heavy atom. The molecule has 3 heterocycles. The van der Waals surface area contributed by atoms with Gasteiger partial charge in [-0.3, -0.25) is 4.98 Å². The largest absolute Gasteiger partial charge is 0.496 e. The van der Waals surface area contributed by atoms with Gasteiger partial charge in [0.15, 0.2) is 0 Å². The predicted molar refractivity (Wildman–Crippen MR) is 104 cm³/mol. The molecule has 2 aliphatic rings. The number of nitrogens with one attached hydrogen (secondary N) is 1. The number of hydrogen-bond donors (Lipinski definition) is 1. The molecule has 0 amide bonds. The van der Waals surface area contributed by atoms with Crippen LogP contribution in [-0.4, -0.2) is 42.0 Å². The Labute approximate surface area is 154 Å². The number of pyridine rings is 1. The monoisotopic (exact) mass is 348 g/mol. The lowest BCUT2D eigenvalue weighted by molar-refractivity contribution is 0.354. The highest BCUT2D eigenvalue weighted by molar-refractivity contribution is 5.94. The quantitative estimate of drug-likeness (QED) is 0.902. The van der Waals surface area contributed by atoms with Crippen LogP contribution in [0.1, 0.15) is 24.0 Å². The van der Waals surface area contributed by atoms with Crippen molar-refractivity contribution in [3.63, 3.8) is 0 Å². The summed E-state index contributed by atoms with van der Waals surface area (Å²) < 4.78 is 5.47. The number of benzene rings is 1. The van der Waals surface area contributed by atoms with Crippen LogP contribution in [0.15, 0.2) is 59.9 Å². The van der Waals surface area contributed by atoms with Crippen molar-refractivity contribution in [2.75, 3.05) is 20.2 Å². The number of para-hydroxylation sites is 1. The lowest BCUT2D eigenvalue weighted by atomic mass is 10.0. The average molecular weight is 348 g/mol. The molecule has 2 aromatic rings. The first-order valence-electron chi connectivity index (χ1n) is 9.14. The summed E-state index contributed by atoms with van der Waals surface area (Å²) in [6.45, 7) is 2.77. The van der Waals surface area contributed by atoms with Gasteiger partial charge in [-0.2, -0.15) is 0 Å². The number of piperidine rings is 1. The average Bonchev–Trinajstić information content (AvgIpc) is 2.72. The van der Waals surface area contributed by atoms with Crippen molar-refractivity contribution in [2.24, 2.45) is 4.99 Å². The van der Waals surface area contributed by atoms with Crippen molar-refractivity contribution in [3.05, 3.63) is 66.0 Å².